The average Bonchev–Trinajstić information content (AvgIpc) is 2.64. The highest BCUT2D eigenvalue weighted by Gasteiger charge is 2.25. The van der Waals surface area contributed by atoms with Crippen LogP contribution >= 0.6 is 0 Å². The van der Waals surface area contributed by atoms with Crippen molar-refractivity contribution in [1.29, 1.82) is 0 Å². The molecule has 8 heteroatoms. The van der Waals surface area contributed by atoms with E-state index in [1.54, 1.807) is 12.1 Å². The summed E-state index contributed by atoms with van der Waals surface area (Å²) < 4.78 is 31.8. The lowest BCUT2D eigenvalue weighted by molar-refractivity contribution is 0.0730. The fourth-order valence-electron chi connectivity index (χ4n) is 2.59. The Morgan fingerprint density at radius 3 is 2.44 bits per heavy atom. The monoisotopic (exact) mass is 362 g/mol. The molecule has 1 aromatic heterocycles. The molecule has 0 saturated carbocycles. The lowest BCUT2D eigenvalue weighted by Gasteiger charge is -2.26. The molecule has 2 aromatic rings. The molecule has 25 heavy (non-hydrogen) atoms. The summed E-state index contributed by atoms with van der Waals surface area (Å²) in [7, 11) is -3.43. The largest absolute Gasteiger partial charge is 0.379 e. The number of rotatable bonds is 6. The third-order valence-corrected chi connectivity index (χ3v) is 5.96. The van der Waals surface area contributed by atoms with Crippen molar-refractivity contribution in [3.05, 3.63) is 47.7 Å². The number of sulfonamides is 1. The standard InChI is InChI=1S/C17H22N4O3S/c1-14-2-7-17(20-19-14)18-9-8-15-3-5-16(6-4-15)25(22,23)21-10-12-24-13-11-21/h2-7H,8-13H2,1H3,(H,18,20). The Kier molecular flexibility index (Phi) is 5.62. The van der Waals surface area contributed by atoms with E-state index in [0.29, 0.717) is 37.7 Å². The molecule has 0 radical (unpaired) electrons. The molecule has 2 heterocycles. The van der Waals surface area contributed by atoms with Gasteiger partial charge in [-0.05, 0) is 43.2 Å². The van der Waals surface area contributed by atoms with E-state index in [1.165, 1.54) is 4.31 Å². The molecule has 1 saturated heterocycles. The first-order valence-corrected chi connectivity index (χ1v) is 9.71. The van der Waals surface area contributed by atoms with Crippen LogP contribution in [0.25, 0.3) is 0 Å². The molecule has 1 aliphatic rings. The molecule has 1 N–H and O–H groups in total. The van der Waals surface area contributed by atoms with Gasteiger partial charge in [0.05, 0.1) is 23.8 Å². The van der Waals surface area contributed by atoms with Crippen LogP contribution in [0.4, 0.5) is 5.82 Å². The predicted octanol–water partition coefficient (Wildman–Crippen LogP) is 1.46. The minimum absolute atomic E-state index is 0.329. The van der Waals surface area contributed by atoms with E-state index in [0.717, 1.165) is 23.5 Å². The second-order valence-corrected chi connectivity index (χ2v) is 7.84. The van der Waals surface area contributed by atoms with Gasteiger partial charge in [-0.2, -0.15) is 9.40 Å². The quantitative estimate of drug-likeness (QED) is 0.837. The van der Waals surface area contributed by atoms with Crippen LogP contribution in [0.3, 0.4) is 0 Å². The fourth-order valence-corrected chi connectivity index (χ4v) is 4.00. The second-order valence-electron chi connectivity index (χ2n) is 5.90. The van der Waals surface area contributed by atoms with Gasteiger partial charge in [-0.15, -0.1) is 5.10 Å². The van der Waals surface area contributed by atoms with Crippen LogP contribution in [-0.4, -0.2) is 55.8 Å². The van der Waals surface area contributed by atoms with Gasteiger partial charge in [0.1, 0.15) is 5.82 Å². The van der Waals surface area contributed by atoms with E-state index in [4.69, 9.17) is 4.74 Å². The van der Waals surface area contributed by atoms with Crippen LogP contribution in [0, 0.1) is 6.92 Å². The lowest BCUT2D eigenvalue weighted by atomic mass is 10.1. The first kappa shape index (κ1) is 17.8. The van der Waals surface area contributed by atoms with Gasteiger partial charge in [-0.3, -0.25) is 0 Å². The molecule has 1 aromatic carbocycles. The Morgan fingerprint density at radius 1 is 1.08 bits per heavy atom. The number of morpholine rings is 1. The highest BCUT2D eigenvalue weighted by Crippen LogP contribution is 2.18. The van der Waals surface area contributed by atoms with Crippen molar-refractivity contribution in [1.82, 2.24) is 14.5 Å². The average molecular weight is 362 g/mol. The highest BCUT2D eigenvalue weighted by molar-refractivity contribution is 7.89. The number of anilines is 1. The zero-order valence-corrected chi connectivity index (χ0v) is 15.0. The zero-order chi connectivity index (χ0) is 17.7. The maximum Gasteiger partial charge on any atom is 0.243 e. The molecule has 0 atom stereocenters. The van der Waals surface area contributed by atoms with Crippen molar-refractivity contribution in [3.63, 3.8) is 0 Å². The SMILES string of the molecule is Cc1ccc(NCCc2ccc(S(=O)(=O)N3CCOCC3)cc2)nn1. The predicted molar refractivity (Wildman–Crippen MR) is 95.0 cm³/mol. The number of aryl methyl sites for hydroxylation is 1. The van der Waals surface area contributed by atoms with Crippen LogP contribution in [0.15, 0.2) is 41.3 Å². The van der Waals surface area contributed by atoms with Crippen molar-refractivity contribution in [2.75, 3.05) is 38.2 Å². The topological polar surface area (TPSA) is 84.4 Å². The molecule has 1 aliphatic heterocycles. The van der Waals surface area contributed by atoms with Gasteiger partial charge in [0, 0.05) is 19.6 Å². The third-order valence-electron chi connectivity index (χ3n) is 4.05. The molecule has 3 rings (SSSR count). The summed E-state index contributed by atoms with van der Waals surface area (Å²) in [5.74, 6) is 0.733. The van der Waals surface area contributed by atoms with Gasteiger partial charge in [-0.1, -0.05) is 12.1 Å². The van der Waals surface area contributed by atoms with E-state index in [-0.39, 0.29) is 0 Å². The van der Waals surface area contributed by atoms with Crippen LogP contribution in [0.5, 0.6) is 0 Å². The number of aromatic nitrogens is 2. The highest BCUT2D eigenvalue weighted by atomic mass is 32.2. The van der Waals surface area contributed by atoms with Gasteiger partial charge in [0.25, 0.3) is 0 Å². The second kappa shape index (κ2) is 7.90. The van der Waals surface area contributed by atoms with E-state index < -0.39 is 10.0 Å². The van der Waals surface area contributed by atoms with Crippen LogP contribution < -0.4 is 5.32 Å². The summed E-state index contributed by atoms with van der Waals surface area (Å²) in [6.45, 7) is 4.31. The molecule has 0 bridgehead atoms. The summed E-state index contributed by atoms with van der Waals surface area (Å²) in [5.41, 5.74) is 1.94. The number of nitrogens with one attached hydrogen (secondary N) is 1. The number of hydrogen-bond donors (Lipinski definition) is 1. The molecule has 7 nitrogen and oxygen atoms in total. The summed E-state index contributed by atoms with van der Waals surface area (Å²) in [4.78, 5) is 0.329. The minimum Gasteiger partial charge on any atom is -0.379 e. The summed E-state index contributed by atoms with van der Waals surface area (Å²) in [6, 6.07) is 10.9. The molecular weight excluding hydrogens is 340 g/mol. The Hall–Kier alpha value is -2.03. The van der Waals surface area contributed by atoms with E-state index >= 15 is 0 Å². The Morgan fingerprint density at radius 2 is 1.80 bits per heavy atom. The van der Waals surface area contributed by atoms with Crippen LogP contribution in [0.2, 0.25) is 0 Å². The molecule has 0 unspecified atom stereocenters. The Labute approximate surface area is 148 Å². The smallest absolute Gasteiger partial charge is 0.243 e. The summed E-state index contributed by atoms with van der Waals surface area (Å²) in [5, 5.41) is 11.2. The zero-order valence-electron chi connectivity index (χ0n) is 14.2. The lowest BCUT2D eigenvalue weighted by Crippen LogP contribution is -2.40. The molecule has 0 aliphatic carbocycles. The van der Waals surface area contributed by atoms with Gasteiger partial charge >= 0.3 is 0 Å². The molecular formula is C17H22N4O3S. The molecule has 0 amide bonds. The van der Waals surface area contributed by atoms with Crippen LogP contribution in [-0.2, 0) is 21.2 Å². The van der Waals surface area contributed by atoms with Gasteiger partial charge in [0.2, 0.25) is 10.0 Å². The maximum atomic E-state index is 12.6. The first-order valence-electron chi connectivity index (χ1n) is 8.27. The maximum absolute atomic E-state index is 12.6. The fraction of sp³-hybridized carbons (Fsp3) is 0.412. The van der Waals surface area contributed by atoms with Crippen molar-refractivity contribution in [3.8, 4) is 0 Å². The number of benzene rings is 1. The number of ether oxygens (including phenoxy) is 1. The Balaban J connectivity index is 1.57. The number of hydrogen-bond acceptors (Lipinski definition) is 6. The molecule has 0 spiro atoms. The Bertz CT molecular complexity index is 786. The number of nitrogens with zero attached hydrogens (tertiary/aromatic N) is 3. The molecule has 134 valence electrons. The first-order chi connectivity index (χ1) is 12.1. The van der Waals surface area contributed by atoms with Crippen molar-refractivity contribution in [2.45, 2.75) is 18.2 Å². The van der Waals surface area contributed by atoms with Crippen molar-refractivity contribution in [2.24, 2.45) is 0 Å². The van der Waals surface area contributed by atoms with Gasteiger partial charge in [0.15, 0.2) is 0 Å². The third kappa shape index (κ3) is 4.53. The normalized spacial score (nSPS) is 15.9. The van der Waals surface area contributed by atoms with E-state index in [2.05, 4.69) is 15.5 Å². The van der Waals surface area contributed by atoms with E-state index in [9.17, 15) is 8.42 Å². The summed E-state index contributed by atoms with van der Waals surface area (Å²) in [6.07, 6.45) is 0.771. The van der Waals surface area contributed by atoms with Crippen LogP contribution in [0.1, 0.15) is 11.3 Å². The van der Waals surface area contributed by atoms with E-state index in [1.807, 2.05) is 31.2 Å². The van der Waals surface area contributed by atoms with Crippen molar-refractivity contribution < 1.29 is 13.2 Å². The minimum atomic E-state index is -3.43. The van der Waals surface area contributed by atoms with Gasteiger partial charge in [-0.25, -0.2) is 8.42 Å². The van der Waals surface area contributed by atoms with Crippen molar-refractivity contribution >= 4 is 15.8 Å². The molecule has 1 fully saturated rings. The van der Waals surface area contributed by atoms with Gasteiger partial charge < -0.3 is 10.1 Å². The summed E-state index contributed by atoms with van der Waals surface area (Å²) >= 11 is 0.